The van der Waals surface area contributed by atoms with Gasteiger partial charge in [-0.15, -0.1) is 0 Å². The first kappa shape index (κ1) is 20.9. The highest BCUT2D eigenvalue weighted by Gasteiger charge is 2.51. The third-order valence-corrected chi connectivity index (χ3v) is 7.21. The number of fused-ring (bicyclic) bond motifs is 1. The van der Waals surface area contributed by atoms with E-state index in [1.165, 1.54) is 24.0 Å². The third-order valence-electron chi connectivity index (χ3n) is 7.21. The Morgan fingerprint density at radius 1 is 0.903 bits per heavy atom. The molecular weight excluding hydrogens is 389 g/mol. The minimum atomic E-state index is -0.317. The fourth-order valence-corrected chi connectivity index (χ4v) is 4.65. The monoisotopic (exact) mass is 421 g/mol. The molecule has 1 unspecified atom stereocenters. The molecule has 31 heavy (non-hydrogen) atoms. The van der Waals surface area contributed by atoms with E-state index in [9.17, 15) is 0 Å². The maximum atomic E-state index is 6.19. The lowest BCUT2D eigenvalue weighted by atomic mass is 9.79. The molecule has 3 aliphatic rings. The first-order chi connectivity index (χ1) is 14.8. The van der Waals surface area contributed by atoms with Crippen LogP contribution in [0.15, 0.2) is 42.5 Å². The largest absolute Gasteiger partial charge is 0.494 e. The summed E-state index contributed by atoms with van der Waals surface area (Å²) in [7, 11) is -0.309. The number of hydrogen-bond acceptors (Lipinski definition) is 5. The Hall–Kier alpha value is -2.02. The van der Waals surface area contributed by atoms with Crippen molar-refractivity contribution in [1.29, 1.82) is 0 Å². The molecule has 2 saturated heterocycles. The first-order valence-electron chi connectivity index (χ1n) is 11.4. The standard InChI is InChI=1S/C25H32BNO4/c1-24(2)25(3,4)31-26(30-24)20-10-7-18(8-11-20)17-27-13-5-6-21(27)19-9-12-22-23(16-19)29-15-14-28-22/h7-12,16,21H,5-6,13-15,17H2,1-4H3. The van der Waals surface area contributed by atoms with Crippen LogP contribution in [0.25, 0.3) is 0 Å². The van der Waals surface area contributed by atoms with Crippen LogP contribution in [-0.4, -0.2) is 43.0 Å². The van der Waals surface area contributed by atoms with Gasteiger partial charge in [0, 0.05) is 12.6 Å². The van der Waals surface area contributed by atoms with Crippen LogP contribution in [0.3, 0.4) is 0 Å². The molecule has 3 aliphatic heterocycles. The minimum Gasteiger partial charge on any atom is -0.486 e. The molecule has 0 spiro atoms. The van der Waals surface area contributed by atoms with E-state index >= 15 is 0 Å². The van der Waals surface area contributed by atoms with Crippen molar-refractivity contribution in [1.82, 2.24) is 4.90 Å². The molecular formula is C25H32BNO4. The van der Waals surface area contributed by atoms with Crippen molar-refractivity contribution in [3.8, 4) is 11.5 Å². The van der Waals surface area contributed by atoms with Crippen LogP contribution in [0.5, 0.6) is 11.5 Å². The summed E-state index contributed by atoms with van der Waals surface area (Å²) >= 11 is 0. The van der Waals surface area contributed by atoms with E-state index in [4.69, 9.17) is 18.8 Å². The first-order valence-corrected chi connectivity index (χ1v) is 11.4. The van der Waals surface area contributed by atoms with Crippen molar-refractivity contribution >= 4 is 12.6 Å². The van der Waals surface area contributed by atoms with Crippen LogP contribution in [0.1, 0.15) is 57.7 Å². The normalized spacial score (nSPS) is 24.5. The zero-order valence-electron chi connectivity index (χ0n) is 19.0. The van der Waals surface area contributed by atoms with E-state index in [2.05, 4.69) is 75.1 Å². The van der Waals surface area contributed by atoms with Crippen LogP contribution in [0.2, 0.25) is 0 Å². The Labute approximate surface area is 185 Å². The molecule has 2 aromatic carbocycles. The van der Waals surface area contributed by atoms with Crippen molar-refractivity contribution < 1.29 is 18.8 Å². The van der Waals surface area contributed by atoms with Gasteiger partial charge < -0.3 is 18.8 Å². The highest BCUT2D eigenvalue weighted by atomic mass is 16.7. The van der Waals surface area contributed by atoms with Gasteiger partial charge in [-0.1, -0.05) is 30.3 Å². The lowest BCUT2D eigenvalue weighted by Crippen LogP contribution is -2.41. The number of benzene rings is 2. The van der Waals surface area contributed by atoms with Crippen molar-refractivity contribution in [3.05, 3.63) is 53.6 Å². The Morgan fingerprint density at radius 2 is 1.58 bits per heavy atom. The maximum absolute atomic E-state index is 6.19. The van der Waals surface area contributed by atoms with E-state index in [-0.39, 0.29) is 18.3 Å². The maximum Gasteiger partial charge on any atom is 0.494 e. The van der Waals surface area contributed by atoms with Gasteiger partial charge in [-0.2, -0.15) is 0 Å². The number of ether oxygens (including phenoxy) is 2. The molecule has 0 aromatic heterocycles. The van der Waals surface area contributed by atoms with E-state index in [0.717, 1.165) is 30.1 Å². The summed E-state index contributed by atoms with van der Waals surface area (Å²) in [6.45, 7) is 11.7. The fourth-order valence-electron chi connectivity index (χ4n) is 4.65. The zero-order chi connectivity index (χ0) is 21.6. The second kappa shape index (κ2) is 7.84. The lowest BCUT2D eigenvalue weighted by molar-refractivity contribution is 0.00578. The third kappa shape index (κ3) is 3.97. The van der Waals surface area contributed by atoms with E-state index in [1.54, 1.807) is 0 Å². The smallest absolute Gasteiger partial charge is 0.486 e. The summed E-state index contributed by atoms with van der Waals surface area (Å²) in [5.74, 6) is 1.74. The van der Waals surface area contributed by atoms with Gasteiger partial charge in [0.2, 0.25) is 0 Å². The number of rotatable bonds is 4. The van der Waals surface area contributed by atoms with Crippen LogP contribution in [0, 0.1) is 0 Å². The molecule has 0 N–H and O–H groups in total. The molecule has 5 rings (SSSR count). The molecule has 164 valence electrons. The van der Waals surface area contributed by atoms with E-state index < -0.39 is 0 Å². The second-order valence-electron chi connectivity index (χ2n) is 9.86. The minimum absolute atomic E-state index is 0.309. The van der Waals surface area contributed by atoms with Crippen molar-refractivity contribution in [3.63, 3.8) is 0 Å². The Balaban J connectivity index is 1.28. The van der Waals surface area contributed by atoms with Crippen LogP contribution in [-0.2, 0) is 15.9 Å². The molecule has 6 heteroatoms. The SMILES string of the molecule is CC1(C)OB(c2ccc(CN3CCCC3c3ccc4c(c3)OCCO4)cc2)OC1(C)C. The molecule has 3 heterocycles. The summed E-state index contributed by atoms with van der Waals surface area (Å²) in [6.07, 6.45) is 2.39. The summed E-state index contributed by atoms with van der Waals surface area (Å²) in [4.78, 5) is 2.56. The van der Waals surface area contributed by atoms with Gasteiger partial charge in [-0.05, 0) is 75.8 Å². The Morgan fingerprint density at radius 3 is 2.29 bits per heavy atom. The molecule has 0 radical (unpaired) electrons. The highest BCUT2D eigenvalue weighted by Crippen LogP contribution is 2.39. The van der Waals surface area contributed by atoms with Gasteiger partial charge in [0.25, 0.3) is 0 Å². The van der Waals surface area contributed by atoms with Gasteiger partial charge in [-0.25, -0.2) is 0 Å². The number of hydrogen-bond donors (Lipinski definition) is 0. The van der Waals surface area contributed by atoms with Crippen molar-refractivity contribution in [2.75, 3.05) is 19.8 Å². The number of likely N-dealkylation sites (tertiary alicyclic amines) is 1. The number of nitrogens with zero attached hydrogens (tertiary/aromatic N) is 1. The topological polar surface area (TPSA) is 40.2 Å². The van der Waals surface area contributed by atoms with Gasteiger partial charge in [0.05, 0.1) is 11.2 Å². The molecule has 0 saturated carbocycles. The molecule has 0 aliphatic carbocycles. The van der Waals surface area contributed by atoms with Crippen molar-refractivity contribution in [2.45, 2.75) is 64.3 Å². The summed E-state index contributed by atoms with van der Waals surface area (Å²) in [5.41, 5.74) is 3.07. The van der Waals surface area contributed by atoms with Gasteiger partial charge in [0.1, 0.15) is 13.2 Å². The fraction of sp³-hybridized carbons (Fsp3) is 0.520. The summed E-state index contributed by atoms with van der Waals surface area (Å²) in [6, 6.07) is 15.5. The lowest BCUT2D eigenvalue weighted by Gasteiger charge is -2.32. The molecule has 2 aromatic rings. The molecule has 1 atom stereocenters. The predicted octanol–water partition coefficient (Wildman–Crippen LogP) is 4.09. The average Bonchev–Trinajstić information content (AvgIpc) is 3.29. The van der Waals surface area contributed by atoms with Gasteiger partial charge in [0.15, 0.2) is 11.5 Å². The van der Waals surface area contributed by atoms with Gasteiger partial charge in [-0.3, -0.25) is 4.90 Å². The van der Waals surface area contributed by atoms with Crippen LogP contribution >= 0.6 is 0 Å². The van der Waals surface area contributed by atoms with Crippen molar-refractivity contribution in [2.24, 2.45) is 0 Å². The Kier molecular flexibility index (Phi) is 5.28. The molecule has 0 amide bonds. The predicted molar refractivity (Wildman–Crippen MR) is 122 cm³/mol. The van der Waals surface area contributed by atoms with Crippen LogP contribution in [0.4, 0.5) is 0 Å². The second-order valence-corrected chi connectivity index (χ2v) is 9.86. The zero-order valence-corrected chi connectivity index (χ0v) is 19.0. The quantitative estimate of drug-likeness (QED) is 0.696. The summed E-state index contributed by atoms with van der Waals surface area (Å²) in [5, 5.41) is 0. The molecule has 2 fully saturated rings. The Bertz CT molecular complexity index is 927. The van der Waals surface area contributed by atoms with E-state index in [1.807, 2.05) is 0 Å². The van der Waals surface area contributed by atoms with E-state index in [0.29, 0.717) is 19.3 Å². The van der Waals surface area contributed by atoms with Gasteiger partial charge >= 0.3 is 7.12 Å². The average molecular weight is 421 g/mol. The summed E-state index contributed by atoms with van der Waals surface area (Å²) < 4.78 is 23.9. The highest BCUT2D eigenvalue weighted by molar-refractivity contribution is 6.62. The van der Waals surface area contributed by atoms with Crippen LogP contribution < -0.4 is 14.9 Å². The molecule has 0 bridgehead atoms. The molecule has 5 nitrogen and oxygen atoms in total.